The van der Waals surface area contributed by atoms with Crippen molar-refractivity contribution in [2.45, 2.75) is 39.0 Å². The van der Waals surface area contributed by atoms with Crippen molar-refractivity contribution in [3.63, 3.8) is 0 Å². The normalized spacial score (nSPS) is 22.2. The van der Waals surface area contributed by atoms with Gasteiger partial charge in [0.15, 0.2) is 5.78 Å². The summed E-state index contributed by atoms with van der Waals surface area (Å²) in [6.07, 6.45) is 4.53. The van der Waals surface area contributed by atoms with Gasteiger partial charge in [-0.3, -0.25) is 14.5 Å². The lowest BCUT2D eigenvalue weighted by Crippen LogP contribution is -2.51. The Bertz CT molecular complexity index is 1610. The number of carbonyl (C=O) groups is 2. The number of nitrogens with zero attached hydrogens (tertiary/aromatic N) is 3. The van der Waals surface area contributed by atoms with Gasteiger partial charge in [0, 0.05) is 46.4 Å². The van der Waals surface area contributed by atoms with Gasteiger partial charge in [0.05, 0.1) is 11.3 Å². The molecular weight excluding hydrogens is 484 g/mol. The molecule has 0 radical (unpaired) electrons. The third kappa shape index (κ3) is 3.11. The highest BCUT2D eigenvalue weighted by atomic mass is 35.5. The number of carbonyl (C=O) groups excluding carboxylic acids is 2. The van der Waals surface area contributed by atoms with E-state index >= 15 is 0 Å². The van der Waals surface area contributed by atoms with E-state index in [-0.39, 0.29) is 29.1 Å². The van der Waals surface area contributed by atoms with E-state index < -0.39 is 5.41 Å². The average molecular weight is 509 g/mol. The average Bonchev–Trinajstić information content (AvgIpc) is 3.47. The summed E-state index contributed by atoms with van der Waals surface area (Å²) in [6, 6.07) is 19.1. The fourth-order valence-corrected chi connectivity index (χ4v) is 6.31. The number of allylic oxidation sites excluding steroid dienone is 1. The molecule has 3 heterocycles. The summed E-state index contributed by atoms with van der Waals surface area (Å²) in [7, 11) is 0. The van der Waals surface area contributed by atoms with Crippen molar-refractivity contribution in [2.75, 3.05) is 10.2 Å². The molecule has 3 aliphatic rings. The summed E-state index contributed by atoms with van der Waals surface area (Å²) in [5, 5.41) is 14.4. The van der Waals surface area contributed by atoms with Crippen LogP contribution in [-0.4, -0.2) is 16.3 Å². The van der Waals surface area contributed by atoms with Crippen LogP contribution in [-0.2, 0) is 15.0 Å². The Hall–Kier alpha value is -4.08. The molecule has 6 rings (SSSR count). The van der Waals surface area contributed by atoms with E-state index in [1.165, 1.54) is 0 Å². The number of nitriles is 1. The number of nitrogens with one attached hydrogen (secondary N) is 1. The number of hydrogen-bond acceptors (Lipinski definition) is 4. The van der Waals surface area contributed by atoms with Crippen LogP contribution in [0.4, 0.5) is 11.4 Å². The van der Waals surface area contributed by atoms with Crippen molar-refractivity contribution in [3.8, 4) is 6.07 Å². The highest BCUT2D eigenvalue weighted by Crippen LogP contribution is 2.58. The van der Waals surface area contributed by atoms with Gasteiger partial charge >= 0.3 is 0 Å². The molecule has 1 aliphatic carbocycles. The lowest BCUT2D eigenvalue weighted by Gasteiger charge is -2.48. The van der Waals surface area contributed by atoms with E-state index in [4.69, 9.17) is 11.6 Å². The third-order valence-corrected chi connectivity index (χ3v) is 8.08. The molecule has 0 saturated carbocycles. The van der Waals surface area contributed by atoms with Crippen molar-refractivity contribution in [1.82, 2.24) is 4.57 Å². The first-order chi connectivity index (χ1) is 17.7. The van der Waals surface area contributed by atoms with Gasteiger partial charge in [-0.1, -0.05) is 49.7 Å². The predicted molar refractivity (Wildman–Crippen MR) is 144 cm³/mol. The Morgan fingerprint density at radius 1 is 1.00 bits per heavy atom. The SMILES string of the molecule is Cc1c(Cl)cccc1N1C2=C(C(=O)CC(C)(C)C2)C2(C(=O)Nc3ccccc32)C(C#N)=C1n1cccc1. The monoisotopic (exact) mass is 508 g/mol. The number of halogens is 1. The van der Waals surface area contributed by atoms with Gasteiger partial charge in [-0.25, -0.2) is 0 Å². The molecule has 0 fully saturated rings. The quantitative estimate of drug-likeness (QED) is 0.447. The fraction of sp³-hybridized carbons (Fsp3) is 0.233. The number of Topliss-reactive ketones (excluding diaryl/α,β-unsaturated/α-hetero) is 1. The molecule has 1 amide bonds. The number of para-hydroxylation sites is 1. The summed E-state index contributed by atoms with van der Waals surface area (Å²) in [4.78, 5) is 30.2. The van der Waals surface area contributed by atoms with E-state index in [1.54, 1.807) is 0 Å². The lowest BCUT2D eigenvalue weighted by atomic mass is 9.60. The summed E-state index contributed by atoms with van der Waals surface area (Å²) in [5.74, 6) is 0.0222. The maximum atomic E-state index is 14.1. The minimum Gasteiger partial charge on any atom is -0.324 e. The fourth-order valence-electron chi connectivity index (χ4n) is 6.14. The Morgan fingerprint density at radius 2 is 1.73 bits per heavy atom. The number of hydrogen-bond donors (Lipinski definition) is 1. The Balaban J connectivity index is 1.82. The zero-order chi connectivity index (χ0) is 26.1. The molecule has 1 atom stereocenters. The van der Waals surface area contributed by atoms with Gasteiger partial charge in [0.2, 0.25) is 5.91 Å². The van der Waals surface area contributed by atoms with Crippen molar-refractivity contribution in [1.29, 1.82) is 5.26 Å². The molecule has 0 saturated heterocycles. The zero-order valence-electron chi connectivity index (χ0n) is 20.8. The Morgan fingerprint density at radius 3 is 2.46 bits per heavy atom. The van der Waals surface area contributed by atoms with E-state index in [1.807, 2.05) is 83.4 Å². The number of ketones is 1. The maximum absolute atomic E-state index is 14.1. The lowest BCUT2D eigenvalue weighted by molar-refractivity contribution is -0.123. The number of aromatic nitrogens is 1. The molecule has 1 N–H and O–H groups in total. The maximum Gasteiger partial charge on any atom is 0.245 e. The second-order valence-corrected chi connectivity index (χ2v) is 11.0. The highest BCUT2D eigenvalue weighted by Gasteiger charge is 2.61. The summed E-state index contributed by atoms with van der Waals surface area (Å²) >= 11 is 6.58. The molecule has 3 aromatic rings. The van der Waals surface area contributed by atoms with Crippen molar-refractivity contribution in [3.05, 3.63) is 100.0 Å². The zero-order valence-corrected chi connectivity index (χ0v) is 21.6. The highest BCUT2D eigenvalue weighted by molar-refractivity contribution is 6.31. The molecule has 0 bridgehead atoms. The second-order valence-electron chi connectivity index (χ2n) is 10.6. The minimum absolute atomic E-state index is 0.123. The van der Waals surface area contributed by atoms with E-state index in [0.717, 1.165) is 16.9 Å². The van der Waals surface area contributed by atoms with Crippen molar-refractivity contribution >= 4 is 40.5 Å². The predicted octanol–water partition coefficient (Wildman–Crippen LogP) is 6.20. The number of amides is 1. The van der Waals surface area contributed by atoms with Gasteiger partial charge in [0.25, 0.3) is 0 Å². The molecule has 1 aromatic heterocycles. The molecule has 1 unspecified atom stereocenters. The first-order valence-electron chi connectivity index (χ1n) is 12.2. The molecule has 184 valence electrons. The van der Waals surface area contributed by atoms with Gasteiger partial charge in [-0.05, 0) is 54.7 Å². The third-order valence-electron chi connectivity index (χ3n) is 7.67. The minimum atomic E-state index is -1.54. The van der Waals surface area contributed by atoms with E-state index in [2.05, 4.69) is 25.2 Å². The molecule has 1 spiro atoms. The van der Waals surface area contributed by atoms with Crippen LogP contribution < -0.4 is 10.2 Å². The Labute approximate surface area is 220 Å². The molecular formula is C30H25ClN4O2. The van der Waals surface area contributed by atoms with Gasteiger partial charge < -0.3 is 9.88 Å². The van der Waals surface area contributed by atoms with Gasteiger partial charge in [-0.15, -0.1) is 0 Å². The molecule has 7 heteroatoms. The summed E-state index contributed by atoms with van der Waals surface area (Å²) in [5.41, 5.74) is 2.25. The number of anilines is 2. The van der Waals surface area contributed by atoms with Crippen LogP contribution in [0.25, 0.3) is 5.82 Å². The largest absolute Gasteiger partial charge is 0.324 e. The topological polar surface area (TPSA) is 78.1 Å². The number of benzene rings is 2. The number of fused-ring (bicyclic) bond motifs is 3. The van der Waals surface area contributed by atoms with Crippen LogP contribution in [0.2, 0.25) is 5.02 Å². The summed E-state index contributed by atoms with van der Waals surface area (Å²) < 4.78 is 1.85. The van der Waals surface area contributed by atoms with Crippen LogP contribution in [0.5, 0.6) is 0 Å². The summed E-state index contributed by atoms with van der Waals surface area (Å²) in [6.45, 7) is 6.05. The Kier molecular flexibility index (Phi) is 5.02. The molecule has 6 nitrogen and oxygen atoms in total. The van der Waals surface area contributed by atoms with Gasteiger partial charge in [0.1, 0.15) is 17.3 Å². The first kappa shape index (κ1) is 23.3. The first-order valence-corrected chi connectivity index (χ1v) is 12.6. The van der Waals surface area contributed by atoms with Gasteiger partial charge in [-0.2, -0.15) is 5.26 Å². The smallest absolute Gasteiger partial charge is 0.245 e. The second kappa shape index (κ2) is 7.96. The van der Waals surface area contributed by atoms with E-state index in [9.17, 15) is 14.9 Å². The van der Waals surface area contributed by atoms with Crippen LogP contribution in [0, 0.1) is 23.7 Å². The van der Waals surface area contributed by atoms with Crippen LogP contribution in [0.3, 0.4) is 0 Å². The van der Waals surface area contributed by atoms with Crippen molar-refractivity contribution in [2.24, 2.45) is 5.41 Å². The van der Waals surface area contributed by atoms with Crippen LogP contribution >= 0.6 is 11.6 Å². The van der Waals surface area contributed by atoms with Crippen molar-refractivity contribution < 1.29 is 9.59 Å². The molecule has 2 aliphatic heterocycles. The molecule has 2 aromatic carbocycles. The molecule has 37 heavy (non-hydrogen) atoms. The number of rotatable bonds is 2. The van der Waals surface area contributed by atoms with E-state index in [0.29, 0.717) is 34.1 Å². The van der Waals surface area contributed by atoms with Crippen LogP contribution in [0.15, 0.2) is 83.8 Å². The van der Waals surface area contributed by atoms with Crippen LogP contribution in [0.1, 0.15) is 37.8 Å². The standard InChI is InChI=1S/C30H25ClN4O2/c1-18-21(31)10-8-12-23(18)35-24-15-29(2,3)16-25(36)26(24)30(19-9-4-5-11-22(19)33-28(30)37)20(17-32)27(35)34-13-6-7-14-34/h4-14H,15-16H2,1-3H3,(H,33,37).